The van der Waals surface area contributed by atoms with Crippen LogP contribution in [0.25, 0.3) is 0 Å². The summed E-state index contributed by atoms with van der Waals surface area (Å²) in [6.07, 6.45) is 1.62. The molecule has 0 bridgehead atoms. The predicted molar refractivity (Wildman–Crippen MR) is 51.6 cm³/mol. The molecule has 2 N–H and O–H groups in total. The normalized spacial score (nSPS) is 13.1. The molecule has 1 aromatic rings. The Hall–Kier alpha value is -0.940. The summed E-state index contributed by atoms with van der Waals surface area (Å²) in [5.74, 6) is 1.17. The van der Waals surface area contributed by atoms with E-state index in [1.807, 2.05) is 6.92 Å². The molecule has 0 aliphatic carbocycles. The standard InChI is InChI=1S/C9H17N3O2/c1-3-4-13-6-9-11-8(12-14-9)5-7(2)10/h7H,3-6,10H2,1-2H3. The van der Waals surface area contributed by atoms with Gasteiger partial charge in [0.1, 0.15) is 6.61 Å². The van der Waals surface area contributed by atoms with Crippen molar-refractivity contribution >= 4 is 0 Å². The maximum atomic E-state index is 5.60. The number of ether oxygens (including phenoxy) is 1. The van der Waals surface area contributed by atoms with E-state index >= 15 is 0 Å². The summed E-state index contributed by atoms with van der Waals surface area (Å²) >= 11 is 0. The first-order valence-electron chi connectivity index (χ1n) is 4.87. The van der Waals surface area contributed by atoms with E-state index in [4.69, 9.17) is 15.0 Å². The molecule has 80 valence electrons. The highest BCUT2D eigenvalue weighted by atomic mass is 16.5. The Kier molecular flexibility index (Phi) is 4.55. The molecule has 0 spiro atoms. The van der Waals surface area contributed by atoms with Gasteiger partial charge in [-0.1, -0.05) is 12.1 Å². The Morgan fingerprint density at radius 3 is 3.00 bits per heavy atom. The van der Waals surface area contributed by atoms with Crippen molar-refractivity contribution in [3.63, 3.8) is 0 Å². The van der Waals surface area contributed by atoms with Crippen LogP contribution in [-0.2, 0) is 17.8 Å². The summed E-state index contributed by atoms with van der Waals surface area (Å²) in [5, 5.41) is 3.79. The Morgan fingerprint density at radius 2 is 2.36 bits per heavy atom. The molecule has 1 unspecified atom stereocenters. The summed E-state index contributed by atoms with van der Waals surface area (Å²) in [7, 11) is 0. The molecule has 0 fully saturated rings. The van der Waals surface area contributed by atoms with Crippen molar-refractivity contribution in [1.29, 1.82) is 0 Å². The molecule has 0 saturated carbocycles. The number of aromatic nitrogens is 2. The fourth-order valence-electron chi connectivity index (χ4n) is 1.02. The van der Waals surface area contributed by atoms with Crippen molar-refractivity contribution < 1.29 is 9.26 Å². The first-order chi connectivity index (χ1) is 6.72. The van der Waals surface area contributed by atoms with E-state index in [0.29, 0.717) is 31.3 Å². The third kappa shape index (κ3) is 3.85. The highest BCUT2D eigenvalue weighted by Crippen LogP contribution is 2.01. The lowest BCUT2D eigenvalue weighted by Gasteiger charge is -1.97. The minimum atomic E-state index is 0.0528. The second-order valence-electron chi connectivity index (χ2n) is 3.34. The molecule has 1 aromatic heterocycles. The van der Waals surface area contributed by atoms with Gasteiger partial charge in [-0.15, -0.1) is 0 Å². The molecule has 0 aliphatic rings. The van der Waals surface area contributed by atoms with Crippen LogP contribution >= 0.6 is 0 Å². The van der Waals surface area contributed by atoms with Gasteiger partial charge in [-0.25, -0.2) is 0 Å². The SMILES string of the molecule is CCCOCc1nc(CC(C)N)no1. The molecule has 0 aliphatic heterocycles. The first-order valence-corrected chi connectivity index (χ1v) is 4.87. The average molecular weight is 199 g/mol. The maximum absolute atomic E-state index is 5.60. The molecule has 0 aromatic carbocycles. The van der Waals surface area contributed by atoms with Crippen LogP contribution in [0.5, 0.6) is 0 Å². The lowest BCUT2D eigenvalue weighted by molar-refractivity contribution is 0.0981. The zero-order valence-corrected chi connectivity index (χ0v) is 8.69. The van der Waals surface area contributed by atoms with Crippen LogP contribution in [0.3, 0.4) is 0 Å². The van der Waals surface area contributed by atoms with Crippen LogP contribution in [0.2, 0.25) is 0 Å². The van der Waals surface area contributed by atoms with E-state index in [9.17, 15) is 0 Å². The van der Waals surface area contributed by atoms with Crippen LogP contribution in [-0.4, -0.2) is 22.8 Å². The second kappa shape index (κ2) is 5.72. The van der Waals surface area contributed by atoms with Gasteiger partial charge in [0.15, 0.2) is 5.82 Å². The molecular formula is C9H17N3O2. The molecule has 0 radical (unpaired) electrons. The lowest BCUT2D eigenvalue weighted by atomic mass is 10.2. The van der Waals surface area contributed by atoms with Crippen molar-refractivity contribution in [1.82, 2.24) is 10.1 Å². The van der Waals surface area contributed by atoms with Gasteiger partial charge >= 0.3 is 0 Å². The Labute approximate surface area is 83.6 Å². The molecule has 0 saturated heterocycles. The average Bonchev–Trinajstić information content (AvgIpc) is 2.52. The lowest BCUT2D eigenvalue weighted by Crippen LogP contribution is -2.18. The van der Waals surface area contributed by atoms with Gasteiger partial charge in [0.05, 0.1) is 0 Å². The molecule has 1 rings (SSSR count). The van der Waals surface area contributed by atoms with E-state index in [-0.39, 0.29) is 6.04 Å². The third-order valence-corrected chi connectivity index (χ3v) is 1.59. The van der Waals surface area contributed by atoms with Gasteiger partial charge in [0.2, 0.25) is 0 Å². The number of hydrogen-bond donors (Lipinski definition) is 1. The van der Waals surface area contributed by atoms with Crippen molar-refractivity contribution in [2.45, 2.75) is 39.3 Å². The molecule has 1 atom stereocenters. The first kappa shape index (κ1) is 11.1. The summed E-state index contributed by atoms with van der Waals surface area (Å²) in [6, 6.07) is 0.0528. The topological polar surface area (TPSA) is 74.2 Å². The van der Waals surface area contributed by atoms with Crippen LogP contribution in [0.15, 0.2) is 4.52 Å². The van der Waals surface area contributed by atoms with E-state index in [2.05, 4.69) is 17.1 Å². The Balaban J connectivity index is 2.35. The molecule has 5 heteroatoms. The van der Waals surface area contributed by atoms with Gasteiger partial charge in [0.25, 0.3) is 5.89 Å². The number of nitrogens with zero attached hydrogens (tertiary/aromatic N) is 2. The summed E-state index contributed by atoms with van der Waals surface area (Å²) < 4.78 is 10.2. The monoisotopic (exact) mass is 199 g/mol. The van der Waals surface area contributed by atoms with Gasteiger partial charge in [0, 0.05) is 19.1 Å². The van der Waals surface area contributed by atoms with Crippen molar-refractivity contribution in [3.8, 4) is 0 Å². The Morgan fingerprint density at radius 1 is 1.57 bits per heavy atom. The van der Waals surface area contributed by atoms with E-state index in [0.717, 1.165) is 6.42 Å². The zero-order valence-electron chi connectivity index (χ0n) is 8.69. The maximum Gasteiger partial charge on any atom is 0.252 e. The zero-order chi connectivity index (χ0) is 10.4. The second-order valence-corrected chi connectivity index (χ2v) is 3.34. The fraction of sp³-hybridized carbons (Fsp3) is 0.778. The fourth-order valence-corrected chi connectivity index (χ4v) is 1.02. The molecule has 1 heterocycles. The molecular weight excluding hydrogens is 182 g/mol. The molecule has 14 heavy (non-hydrogen) atoms. The van der Waals surface area contributed by atoms with Crippen LogP contribution in [0.4, 0.5) is 0 Å². The summed E-state index contributed by atoms with van der Waals surface area (Å²) in [6.45, 7) is 5.06. The van der Waals surface area contributed by atoms with Gasteiger partial charge in [-0.05, 0) is 13.3 Å². The number of rotatable bonds is 6. The van der Waals surface area contributed by atoms with E-state index in [1.165, 1.54) is 0 Å². The number of nitrogens with two attached hydrogens (primary N) is 1. The van der Waals surface area contributed by atoms with E-state index in [1.54, 1.807) is 0 Å². The highest BCUT2D eigenvalue weighted by molar-refractivity contribution is 4.87. The summed E-state index contributed by atoms with van der Waals surface area (Å²) in [4.78, 5) is 4.14. The highest BCUT2D eigenvalue weighted by Gasteiger charge is 2.07. The van der Waals surface area contributed by atoms with Crippen LogP contribution < -0.4 is 5.73 Å². The van der Waals surface area contributed by atoms with Crippen molar-refractivity contribution in [2.75, 3.05) is 6.61 Å². The minimum Gasteiger partial charge on any atom is -0.372 e. The predicted octanol–water partition coefficient (Wildman–Crippen LogP) is 0.886. The largest absolute Gasteiger partial charge is 0.372 e. The quantitative estimate of drug-likeness (QED) is 0.688. The molecule has 5 nitrogen and oxygen atoms in total. The minimum absolute atomic E-state index is 0.0528. The third-order valence-electron chi connectivity index (χ3n) is 1.59. The van der Waals surface area contributed by atoms with Crippen molar-refractivity contribution in [2.24, 2.45) is 5.73 Å². The Bertz CT molecular complexity index is 260. The molecule has 0 amide bonds. The van der Waals surface area contributed by atoms with Gasteiger partial charge < -0.3 is 15.0 Å². The van der Waals surface area contributed by atoms with Crippen LogP contribution in [0.1, 0.15) is 32.0 Å². The van der Waals surface area contributed by atoms with E-state index < -0.39 is 0 Å². The van der Waals surface area contributed by atoms with Gasteiger partial charge in [-0.3, -0.25) is 0 Å². The smallest absolute Gasteiger partial charge is 0.252 e. The number of hydrogen-bond acceptors (Lipinski definition) is 5. The van der Waals surface area contributed by atoms with Gasteiger partial charge in [-0.2, -0.15) is 4.98 Å². The summed E-state index contributed by atoms with van der Waals surface area (Å²) in [5.41, 5.74) is 5.60. The van der Waals surface area contributed by atoms with Crippen molar-refractivity contribution in [3.05, 3.63) is 11.7 Å². The van der Waals surface area contributed by atoms with Crippen LogP contribution in [0, 0.1) is 0 Å².